The third-order valence-corrected chi connectivity index (χ3v) is 3.10. The van der Waals surface area contributed by atoms with Crippen LogP contribution in [0.15, 0.2) is 18.3 Å². The van der Waals surface area contributed by atoms with E-state index in [2.05, 4.69) is 9.88 Å². The van der Waals surface area contributed by atoms with Gasteiger partial charge in [0, 0.05) is 32.9 Å². The molecule has 1 fully saturated rings. The summed E-state index contributed by atoms with van der Waals surface area (Å²) < 4.78 is 42.3. The van der Waals surface area contributed by atoms with Crippen molar-refractivity contribution in [3.05, 3.63) is 29.6 Å². The molecule has 1 atom stereocenters. The number of aromatic nitrogens is 1. The van der Waals surface area contributed by atoms with E-state index >= 15 is 0 Å². The predicted molar refractivity (Wildman–Crippen MR) is 59.9 cm³/mol. The van der Waals surface area contributed by atoms with Crippen LogP contribution in [0.5, 0.6) is 0 Å². The Labute approximate surface area is 104 Å². The molecule has 1 saturated heterocycles. The van der Waals surface area contributed by atoms with Crippen molar-refractivity contribution in [2.75, 3.05) is 20.2 Å². The molecule has 0 amide bonds. The predicted octanol–water partition coefficient (Wildman–Crippen LogP) is 2.32. The Hall–Kier alpha value is -1.14. The fourth-order valence-electron chi connectivity index (χ4n) is 2.05. The van der Waals surface area contributed by atoms with Crippen LogP contribution in [0, 0.1) is 0 Å². The minimum atomic E-state index is -4.32. The number of alkyl halides is 3. The number of pyridine rings is 1. The summed E-state index contributed by atoms with van der Waals surface area (Å²) >= 11 is 0. The number of hydrogen-bond acceptors (Lipinski definition) is 3. The van der Waals surface area contributed by atoms with E-state index in [1.54, 1.807) is 7.11 Å². The van der Waals surface area contributed by atoms with Crippen LogP contribution in [0.3, 0.4) is 0 Å². The van der Waals surface area contributed by atoms with E-state index < -0.39 is 11.7 Å². The highest BCUT2D eigenvalue weighted by molar-refractivity contribution is 5.17. The Kier molecular flexibility index (Phi) is 3.87. The Bertz CT molecular complexity index is 391. The van der Waals surface area contributed by atoms with Crippen molar-refractivity contribution in [2.24, 2.45) is 0 Å². The number of hydrogen-bond donors (Lipinski definition) is 0. The first-order chi connectivity index (χ1) is 8.49. The number of methoxy groups -OCH3 is 1. The summed E-state index contributed by atoms with van der Waals surface area (Å²) in [5.74, 6) is 0. The van der Waals surface area contributed by atoms with Gasteiger partial charge in [-0.25, -0.2) is 0 Å². The molecule has 0 saturated carbocycles. The summed E-state index contributed by atoms with van der Waals surface area (Å²) in [7, 11) is 1.67. The smallest absolute Gasteiger partial charge is 0.380 e. The van der Waals surface area contributed by atoms with Gasteiger partial charge in [0.05, 0.1) is 17.4 Å². The number of ether oxygens (including phenoxy) is 1. The molecule has 1 aromatic heterocycles. The van der Waals surface area contributed by atoms with Crippen LogP contribution in [0.4, 0.5) is 13.2 Å². The van der Waals surface area contributed by atoms with E-state index in [4.69, 9.17) is 4.74 Å². The lowest BCUT2D eigenvalue weighted by Gasteiger charge is -2.15. The van der Waals surface area contributed by atoms with Crippen molar-refractivity contribution >= 4 is 0 Å². The maximum Gasteiger partial charge on any atom is 0.417 e. The van der Waals surface area contributed by atoms with Crippen molar-refractivity contribution in [1.29, 1.82) is 0 Å². The molecule has 0 unspecified atom stereocenters. The summed E-state index contributed by atoms with van der Waals surface area (Å²) in [6.07, 6.45) is -2.25. The quantitative estimate of drug-likeness (QED) is 0.834. The molecule has 2 rings (SSSR count). The second kappa shape index (κ2) is 5.24. The van der Waals surface area contributed by atoms with E-state index in [0.29, 0.717) is 12.2 Å². The molecule has 0 radical (unpaired) electrons. The third kappa shape index (κ3) is 3.20. The highest BCUT2D eigenvalue weighted by Crippen LogP contribution is 2.28. The molecule has 0 aliphatic carbocycles. The van der Waals surface area contributed by atoms with Gasteiger partial charge in [0.15, 0.2) is 0 Å². The van der Waals surface area contributed by atoms with Crippen LogP contribution in [0.2, 0.25) is 0 Å². The Balaban J connectivity index is 1.95. The van der Waals surface area contributed by atoms with Crippen LogP contribution in [-0.4, -0.2) is 36.2 Å². The highest BCUT2D eigenvalue weighted by atomic mass is 19.4. The molecule has 0 spiro atoms. The fourth-order valence-corrected chi connectivity index (χ4v) is 2.05. The number of halogens is 3. The van der Waals surface area contributed by atoms with E-state index in [9.17, 15) is 13.2 Å². The largest absolute Gasteiger partial charge is 0.417 e. The molecule has 3 nitrogen and oxygen atoms in total. The lowest BCUT2D eigenvalue weighted by atomic mass is 10.2. The van der Waals surface area contributed by atoms with Crippen molar-refractivity contribution < 1.29 is 17.9 Å². The number of rotatable bonds is 3. The van der Waals surface area contributed by atoms with E-state index in [0.717, 1.165) is 31.8 Å². The van der Waals surface area contributed by atoms with Crippen molar-refractivity contribution in [3.8, 4) is 0 Å². The molecular weight excluding hydrogens is 245 g/mol. The second-order valence-electron chi connectivity index (χ2n) is 4.42. The monoisotopic (exact) mass is 260 g/mol. The highest BCUT2D eigenvalue weighted by Gasteiger charge is 2.30. The molecular formula is C12H15F3N2O. The standard InChI is InChI=1S/C12H15F3N2O/c1-18-11-4-5-17(8-11)7-10-3-2-9(6-16-10)12(13,14)15/h2-3,6,11H,4-5,7-8H2,1H3/t11-/m0/s1. The van der Waals surface area contributed by atoms with Crippen molar-refractivity contribution in [3.63, 3.8) is 0 Å². The molecule has 0 bridgehead atoms. The van der Waals surface area contributed by atoms with E-state index in [1.807, 2.05) is 0 Å². The SMILES string of the molecule is CO[C@H]1CCN(Cc2ccc(C(F)(F)F)cn2)C1. The zero-order valence-corrected chi connectivity index (χ0v) is 10.1. The maximum atomic E-state index is 12.4. The zero-order valence-electron chi connectivity index (χ0n) is 10.1. The summed E-state index contributed by atoms with van der Waals surface area (Å²) in [5, 5.41) is 0. The fraction of sp³-hybridized carbons (Fsp3) is 0.583. The first-order valence-electron chi connectivity index (χ1n) is 5.76. The minimum Gasteiger partial charge on any atom is -0.380 e. The van der Waals surface area contributed by atoms with Crippen LogP contribution in [0.1, 0.15) is 17.7 Å². The van der Waals surface area contributed by atoms with Crippen LogP contribution >= 0.6 is 0 Å². The van der Waals surface area contributed by atoms with Gasteiger partial charge in [-0.3, -0.25) is 9.88 Å². The van der Waals surface area contributed by atoms with E-state index in [1.165, 1.54) is 6.07 Å². The van der Waals surface area contributed by atoms with Gasteiger partial charge in [-0.2, -0.15) is 13.2 Å². The Morgan fingerprint density at radius 2 is 2.22 bits per heavy atom. The topological polar surface area (TPSA) is 25.4 Å². The molecule has 0 aromatic carbocycles. The maximum absolute atomic E-state index is 12.4. The minimum absolute atomic E-state index is 0.222. The van der Waals surface area contributed by atoms with E-state index in [-0.39, 0.29) is 6.10 Å². The van der Waals surface area contributed by atoms with Gasteiger partial charge in [0.2, 0.25) is 0 Å². The summed E-state index contributed by atoms with van der Waals surface area (Å²) in [6.45, 7) is 2.26. The number of likely N-dealkylation sites (tertiary alicyclic amines) is 1. The van der Waals surface area contributed by atoms with Crippen molar-refractivity contribution in [2.45, 2.75) is 25.2 Å². The van der Waals surface area contributed by atoms with Gasteiger partial charge in [0.1, 0.15) is 0 Å². The molecule has 6 heteroatoms. The van der Waals surface area contributed by atoms with Gasteiger partial charge in [-0.05, 0) is 18.6 Å². The first kappa shape index (κ1) is 13.3. The molecule has 1 aliphatic heterocycles. The second-order valence-corrected chi connectivity index (χ2v) is 4.42. The summed E-state index contributed by atoms with van der Waals surface area (Å²) in [5.41, 5.74) is -0.0535. The summed E-state index contributed by atoms with van der Waals surface area (Å²) in [6, 6.07) is 2.51. The van der Waals surface area contributed by atoms with Gasteiger partial charge in [-0.15, -0.1) is 0 Å². The first-order valence-corrected chi connectivity index (χ1v) is 5.76. The molecule has 100 valence electrons. The summed E-state index contributed by atoms with van der Waals surface area (Å²) in [4.78, 5) is 5.99. The molecule has 0 N–H and O–H groups in total. The van der Waals surface area contributed by atoms with Gasteiger partial charge < -0.3 is 4.74 Å². The Morgan fingerprint density at radius 3 is 2.72 bits per heavy atom. The lowest BCUT2D eigenvalue weighted by molar-refractivity contribution is -0.137. The normalized spacial score (nSPS) is 21.4. The molecule has 18 heavy (non-hydrogen) atoms. The lowest BCUT2D eigenvalue weighted by Crippen LogP contribution is -2.23. The van der Waals surface area contributed by atoms with Crippen molar-refractivity contribution in [1.82, 2.24) is 9.88 Å². The number of nitrogens with zero attached hydrogens (tertiary/aromatic N) is 2. The third-order valence-electron chi connectivity index (χ3n) is 3.10. The zero-order chi connectivity index (χ0) is 13.2. The average molecular weight is 260 g/mol. The van der Waals surface area contributed by atoms with Crippen LogP contribution in [0.25, 0.3) is 0 Å². The van der Waals surface area contributed by atoms with Gasteiger partial charge in [-0.1, -0.05) is 0 Å². The molecule has 2 heterocycles. The van der Waals surface area contributed by atoms with Crippen LogP contribution < -0.4 is 0 Å². The Morgan fingerprint density at radius 1 is 1.44 bits per heavy atom. The van der Waals surface area contributed by atoms with Gasteiger partial charge in [0.25, 0.3) is 0 Å². The van der Waals surface area contributed by atoms with Crippen LogP contribution in [-0.2, 0) is 17.5 Å². The van der Waals surface area contributed by atoms with Gasteiger partial charge >= 0.3 is 6.18 Å². The average Bonchev–Trinajstić information content (AvgIpc) is 2.76. The molecule has 1 aliphatic rings. The molecule has 1 aromatic rings.